The third kappa shape index (κ3) is 2.49. The van der Waals surface area contributed by atoms with Gasteiger partial charge in [-0.05, 0) is 36.6 Å². The Balaban J connectivity index is 2.03. The fraction of sp³-hybridized carbons (Fsp3) is 0.250. The number of rotatable bonds is 3. The quantitative estimate of drug-likeness (QED) is 0.641. The molecule has 2 aromatic rings. The first-order valence-electron chi connectivity index (χ1n) is 7.06. The van der Waals surface area contributed by atoms with E-state index in [1.807, 2.05) is 23.1 Å². The van der Waals surface area contributed by atoms with E-state index in [1.165, 1.54) is 6.07 Å². The van der Waals surface area contributed by atoms with Crippen LogP contribution in [0.25, 0.3) is 0 Å². The highest BCUT2D eigenvalue weighted by Gasteiger charge is 2.31. The van der Waals surface area contributed by atoms with Crippen LogP contribution in [0.15, 0.2) is 42.7 Å². The van der Waals surface area contributed by atoms with Gasteiger partial charge in [-0.25, -0.2) is 0 Å². The van der Waals surface area contributed by atoms with Gasteiger partial charge >= 0.3 is 0 Å². The van der Waals surface area contributed by atoms with Crippen LogP contribution in [0, 0.1) is 21.4 Å². The van der Waals surface area contributed by atoms with Crippen LogP contribution in [0.2, 0.25) is 0 Å². The summed E-state index contributed by atoms with van der Waals surface area (Å²) in [5, 5.41) is 20.3. The molecule has 0 radical (unpaired) electrons. The van der Waals surface area contributed by atoms with Crippen molar-refractivity contribution >= 4 is 11.4 Å². The van der Waals surface area contributed by atoms with Crippen molar-refractivity contribution < 1.29 is 4.92 Å². The summed E-state index contributed by atoms with van der Waals surface area (Å²) < 4.78 is 0. The lowest BCUT2D eigenvalue weighted by atomic mass is 10.1. The van der Waals surface area contributed by atoms with E-state index in [2.05, 4.69) is 4.98 Å². The smallest absolute Gasteiger partial charge is 0.293 e. The topological polar surface area (TPSA) is 83.1 Å². The number of benzene rings is 1. The monoisotopic (exact) mass is 294 g/mol. The molecule has 1 atom stereocenters. The highest BCUT2D eigenvalue weighted by atomic mass is 16.6. The first kappa shape index (κ1) is 14.0. The van der Waals surface area contributed by atoms with Gasteiger partial charge in [0.1, 0.15) is 5.69 Å². The molecule has 1 aromatic carbocycles. The lowest BCUT2D eigenvalue weighted by molar-refractivity contribution is -0.384. The molecule has 1 aliphatic heterocycles. The Bertz CT molecular complexity index is 740. The molecule has 1 fully saturated rings. The summed E-state index contributed by atoms with van der Waals surface area (Å²) in [6, 6.07) is 10.5. The Morgan fingerprint density at radius 3 is 2.95 bits per heavy atom. The summed E-state index contributed by atoms with van der Waals surface area (Å²) in [6.45, 7) is 0.756. The number of aromatic nitrogens is 1. The van der Waals surface area contributed by atoms with Crippen LogP contribution in [0.1, 0.15) is 30.0 Å². The van der Waals surface area contributed by atoms with E-state index in [4.69, 9.17) is 5.26 Å². The maximum atomic E-state index is 11.3. The molecule has 22 heavy (non-hydrogen) atoms. The van der Waals surface area contributed by atoms with Crippen molar-refractivity contribution in [2.24, 2.45) is 0 Å². The average Bonchev–Trinajstić information content (AvgIpc) is 3.04. The van der Waals surface area contributed by atoms with Crippen LogP contribution in [0.4, 0.5) is 11.4 Å². The third-order valence-corrected chi connectivity index (χ3v) is 3.93. The van der Waals surface area contributed by atoms with E-state index >= 15 is 0 Å². The minimum atomic E-state index is -0.422. The molecule has 6 nitrogen and oxygen atoms in total. The van der Waals surface area contributed by atoms with Gasteiger partial charge in [0.15, 0.2) is 0 Å². The molecule has 0 N–H and O–H groups in total. The molecule has 0 unspecified atom stereocenters. The highest BCUT2D eigenvalue weighted by molar-refractivity contribution is 5.67. The fourth-order valence-corrected chi connectivity index (χ4v) is 2.96. The summed E-state index contributed by atoms with van der Waals surface area (Å²) in [5.74, 6) is 0. The average molecular weight is 294 g/mol. The molecule has 2 heterocycles. The third-order valence-electron chi connectivity index (χ3n) is 3.93. The predicted octanol–water partition coefficient (Wildman–Crippen LogP) is 3.20. The van der Waals surface area contributed by atoms with Gasteiger partial charge in [0.05, 0.1) is 22.6 Å². The number of hydrogen-bond acceptors (Lipinski definition) is 5. The fourth-order valence-electron chi connectivity index (χ4n) is 2.96. The molecule has 3 rings (SSSR count). The summed E-state index contributed by atoms with van der Waals surface area (Å²) >= 11 is 0. The predicted molar refractivity (Wildman–Crippen MR) is 81.4 cm³/mol. The molecule has 0 saturated carbocycles. The van der Waals surface area contributed by atoms with Crippen LogP contribution in [-0.2, 0) is 0 Å². The van der Waals surface area contributed by atoms with Gasteiger partial charge in [0.25, 0.3) is 5.69 Å². The zero-order valence-electron chi connectivity index (χ0n) is 11.8. The molecule has 110 valence electrons. The molecular formula is C16H14N4O2. The summed E-state index contributed by atoms with van der Waals surface area (Å²) in [7, 11) is 0. The van der Waals surface area contributed by atoms with E-state index in [0.717, 1.165) is 24.9 Å². The maximum absolute atomic E-state index is 11.3. The van der Waals surface area contributed by atoms with Crippen LogP contribution in [0.5, 0.6) is 0 Å². The van der Waals surface area contributed by atoms with Crippen molar-refractivity contribution in [3.63, 3.8) is 0 Å². The second-order valence-electron chi connectivity index (χ2n) is 5.21. The standard InChI is InChI=1S/C16H14N4O2/c17-10-12-5-6-15(16(9-12)20(21)22)19-8-2-4-14(19)13-3-1-7-18-11-13/h1,3,5-7,9,11,14H,2,4,8H2/t14-/m1/s1. The summed E-state index contributed by atoms with van der Waals surface area (Å²) in [6.07, 6.45) is 5.42. The van der Waals surface area contributed by atoms with Gasteiger partial charge in [-0.3, -0.25) is 15.1 Å². The molecule has 1 aliphatic rings. The number of pyridine rings is 1. The van der Waals surface area contributed by atoms with Crippen molar-refractivity contribution in [2.45, 2.75) is 18.9 Å². The lowest BCUT2D eigenvalue weighted by Gasteiger charge is -2.26. The second-order valence-corrected chi connectivity index (χ2v) is 5.21. The number of anilines is 1. The largest absolute Gasteiger partial charge is 0.359 e. The number of nitrogens with zero attached hydrogens (tertiary/aromatic N) is 4. The van der Waals surface area contributed by atoms with Gasteiger partial charge in [0, 0.05) is 25.0 Å². The maximum Gasteiger partial charge on any atom is 0.293 e. The minimum Gasteiger partial charge on any atom is -0.359 e. The van der Waals surface area contributed by atoms with Crippen LogP contribution in [-0.4, -0.2) is 16.5 Å². The van der Waals surface area contributed by atoms with Crippen molar-refractivity contribution in [1.82, 2.24) is 4.98 Å². The molecular weight excluding hydrogens is 280 g/mol. The SMILES string of the molecule is N#Cc1ccc(N2CCC[C@@H]2c2cccnc2)c([N+](=O)[O-])c1. The van der Waals surface area contributed by atoms with Crippen LogP contribution < -0.4 is 4.90 Å². The van der Waals surface area contributed by atoms with E-state index in [-0.39, 0.29) is 11.7 Å². The zero-order valence-corrected chi connectivity index (χ0v) is 11.8. The highest BCUT2D eigenvalue weighted by Crippen LogP contribution is 2.40. The number of nitro benzene ring substituents is 1. The van der Waals surface area contributed by atoms with Gasteiger partial charge in [-0.15, -0.1) is 0 Å². The van der Waals surface area contributed by atoms with Crippen molar-refractivity contribution in [1.29, 1.82) is 5.26 Å². The van der Waals surface area contributed by atoms with Crippen molar-refractivity contribution in [3.05, 3.63) is 64.0 Å². The van der Waals surface area contributed by atoms with E-state index < -0.39 is 4.92 Å². The van der Waals surface area contributed by atoms with Crippen LogP contribution >= 0.6 is 0 Å². The number of nitriles is 1. The molecule has 0 bridgehead atoms. The molecule has 1 aromatic heterocycles. The Morgan fingerprint density at radius 2 is 2.27 bits per heavy atom. The second kappa shape index (κ2) is 5.82. The summed E-state index contributed by atoms with van der Waals surface area (Å²) in [5.41, 5.74) is 1.90. The Labute approximate surface area is 127 Å². The first-order chi connectivity index (χ1) is 10.7. The number of nitro groups is 1. The van der Waals surface area contributed by atoms with Crippen LogP contribution in [0.3, 0.4) is 0 Å². The first-order valence-corrected chi connectivity index (χ1v) is 7.06. The molecule has 0 amide bonds. The molecule has 0 aliphatic carbocycles. The zero-order chi connectivity index (χ0) is 15.5. The van der Waals surface area contributed by atoms with E-state index in [0.29, 0.717) is 11.3 Å². The molecule has 1 saturated heterocycles. The molecule has 6 heteroatoms. The van der Waals surface area contributed by atoms with Crippen molar-refractivity contribution in [2.75, 3.05) is 11.4 Å². The van der Waals surface area contributed by atoms with E-state index in [9.17, 15) is 10.1 Å². The van der Waals surface area contributed by atoms with E-state index in [1.54, 1.807) is 24.5 Å². The Kier molecular flexibility index (Phi) is 3.71. The lowest BCUT2D eigenvalue weighted by Crippen LogP contribution is -2.23. The Morgan fingerprint density at radius 1 is 1.41 bits per heavy atom. The Hall–Kier alpha value is -2.94. The normalized spacial score (nSPS) is 17.2. The summed E-state index contributed by atoms with van der Waals surface area (Å²) in [4.78, 5) is 17.1. The number of hydrogen-bond donors (Lipinski definition) is 0. The van der Waals surface area contributed by atoms with Gasteiger partial charge in [0.2, 0.25) is 0 Å². The molecule has 0 spiro atoms. The van der Waals surface area contributed by atoms with Crippen molar-refractivity contribution in [3.8, 4) is 6.07 Å². The van der Waals surface area contributed by atoms with Gasteiger partial charge in [-0.2, -0.15) is 5.26 Å². The minimum absolute atomic E-state index is 0.0187. The van der Waals surface area contributed by atoms with Gasteiger partial charge in [-0.1, -0.05) is 6.07 Å². The van der Waals surface area contributed by atoms with Gasteiger partial charge < -0.3 is 4.90 Å².